The van der Waals surface area contributed by atoms with Crippen molar-refractivity contribution >= 4 is 5.91 Å². The van der Waals surface area contributed by atoms with Gasteiger partial charge in [0.25, 0.3) is 5.91 Å². The lowest BCUT2D eigenvalue weighted by Crippen LogP contribution is -2.40. The molecule has 0 fully saturated rings. The number of rotatable bonds is 7. The van der Waals surface area contributed by atoms with E-state index in [9.17, 15) is 9.18 Å². The van der Waals surface area contributed by atoms with E-state index in [1.165, 1.54) is 35.4 Å². The number of hydrogen-bond acceptors (Lipinski definition) is 2. The molecule has 2 aromatic carbocycles. The smallest absolute Gasteiger partial charge is 0.261 e. The fourth-order valence-corrected chi connectivity index (χ4v) is 2.67. The van der Waals surface area contributed by atoms with Crippen molar-refractivity contribution in [2.75, 3.05) is 0 Å². The minimum absolute atomic E-state index is 0.0577. The second-order valence-corrected chi connectivity index (χ2v) is 6.28. The van der Waals surface area contributed by atoms with Gasteiger partial charge in [-0.05, 0) is 67.6 Å². The number of benzene rings is 2. The van der Waals surface area contributed by atoms with Crippen LogP contribution >= 0.6 is 0 Å². The van der Waals surface area contributed by atoms with Gasteiger partial charge in [-0.1, -0.05) is 32.0 Å². The highest BCUT2D eigenvalue weighted by atomic mass is 19.1. The normalized spacial score (nSPS) is 13.2. The van der Waals surface area contributed by atoms with E-state index in [2.05, 4.69) is 37.4 Å². The molecule has 0 bridgehead atoms. The molecule has 134 valence electrons. The van der Waals surface area contributed by atoms with Crippen molar-refractivity contribution in [2.24, 2.45) is 0 Å². The highest BCUT2D eigenvalue weighted by molar-refractivity contribution is 5.81. The predicted octanol–water partition coefficient (Wildman–Crippen LogP) is 4.87. The maximum absolute atomic E-state index is 13.0. The van der Waals surface area contributed by atoms with Crippen molar-refractivity contribution in [3.05, 3.63) is 65.0 Å². The van der Waals surface area contributed by atoms with E-state index >= 15 is 0 Å². The number of amides is 1. The molecule has 0 aliphatic carbocycles. The second-order valence-electron chi connectivity index (χ2n) is 6.28. The van der Waals surface area contributed by atoms with Crippen molar-refractivity contribution in [1.29, 1.82) is 0 Å². The van der Waals surface area contributed by atoms with Gasteiger partial charge in [0.05, 0.1) is 6.04 Å². The summed E-state index contributed by atoms with van der Waals surface area (Å²) in [5.41, 5.74) is 3.53. The van der Waals surface area contributed by atoms with Crippen molar-refractivity contribution < 1.29 is 13.9 Å². The van der Waals surface area contributed by atoms with Crippen LogP contribution in [0.5, 0.6) is 5.75 Å². The standard InChI is InChI=1S/C21H26FNO2/c1-5-19(16-8-7-14(3)15(4)13-16)23-21(24)20(6-2)25-18-11-9-17(22)10-12-18/h7-13,19-20H,5-6H2,1-4H3,(H,23,24)/t19-,20-/m0/s1. The molecular weight excluding hydrogens is 317 g/mol. The van der Waals surface area contributed by atoms with Crippen molar-refractivity contribution in [1.82, 2.24) is 5.32 Å². The summed E-state index contributed by atoms with van der Waals surface area (Å²) in [6.45, 7) is 8.08. The third-order valence-electron chi connectivity index (χ3n) is 4.41. The molecule has 0 aliphatic rings. The van der Waals surface area contributed by atoms with Crippen LogP contribution in [0.3, 0.4) is 0 Å². The first-order chi connectivity index (χ1) is 11.9. The summed E-state index contributed by atoms with van der Waals surface area (Å²) in [4.78, 5) is 12.6. The van der Waals surface area contributed by atoms with Crippen LogP contribution in [-0.2, 0) is 4.79 Å². The molecule has 2 rings (SSSR count). The largest absolute Gasteiger partial charge is 0.481 e. The Morgan fingerprint density at radius 1 is 1.04 bits per heavy atom. The molecule has 0 unspecified atom stereocenters. The molecule has 0 radical (unpaired) electrons. The van der Waals surface area contributed by atoms with E-state index in [0.717, 1.165) is 12.0 Å². The molecule has 1 amide bonds. The predicted molar refractivity (Wildman–Crippen MR) is 98.2 cm³/mol. The van der Waals surface area contributed by atoms with E-state index in [1.54, 1.807) is 0 Å². The molecule has 0 aromatic heterocycles. The molecule has 3 nitrogen and oxygen atoms in total. The molecule has 0 heterocycles. The molecule has 4 heteroatoms. The van der Waals surface area contributed by atoms with Crippen LogP contribution in [0.4, 0.5) is 4.39 Å². The Kier molecular flexibility index (Phi) is 6.57. The van der Waals surface area contributed by atoms with Gasteiger partial charge in [0.2, 0.25) is 0 Å². The Morgan fingerprint density at radius 2 is 1.72 bits per heavy atom. The molecule has 0 saturated heterocycles. The lowest BCUT2D eigenvalue weighted by Gasteiger charge is -2.23. The van der Waals surface area contributed by atoms with Crippen LogP contribution in [0.2, 0.25) is 0 Å². The van der Waals surface area contributed by atoms with E-state index < -0.39 is 6.10 Å². The number of nitrogens with one attached hydrogen (secondary N) is 1. The quantitative estimate of drug-likeness (QED) is 0.779. The fraction of sp³-hybridized carbons (Fsp3) is 0.381. The van der Waals surface area contributed by atoms with Gasteiger partial charge < -0.3 is 10.1 Å². The number of hydrogen-bond donors (Lipinski definition) is 1. The summed E-state index contributed by atoms with van der Waals surface area (Å²) in [7, 11) is 0. The fourth-order valence-electron chi connectivity index (χ4n) is 2.67. The van der Waals surface area contributed by atoms with Gasteiger partial charge in [0, 0.05) is 0 Å². The van der Waals surface area contributed by atoms with Crippen molar-refractivity contribution in [2.45, 2.75) is 52.7 Å². The van der Waals surface area contributed by atoms with Crippen LogP contribution in [-0.4, -0.2) is 12.0 Å². The van der Waals surface area contributed by atoms with Crippen LogP contribution in [0.25, 0.3) is 0 Å². The van der Waals surface area contributed by atoms with Crippen molar-refractivity contribution in [3.8, 4) is 5.75 Å². The Balaban J connectivity index is 2.08. The van der Waals surface area contributed by atoms with E-state index in [-0.39, 0.29) is 17.8 Å². The molecule has 0 spiro atoms. The summed E-state index contributed by atoms with van der Waals surface area (Å²) >= 11 is 0. The lowest BCUT2D eigenvalue weighted by molar-refractivity contribution is -0.128. The summed E-state index contributed by atoms with van der Waals surface area (Å²) in [6.07, 6.45) is 0.722. The molecule has 1 N–H and O–H groups in total. The molecule has 2 atom stereocenters. The zero-order valence-corrected chi connectivity index (χ0v) is 15.3. The summed E-state index contributed by atoms with van der Waals surface area (Å²) in [6, 6.07) is 11.9. The third-order valence-corrected chi connectivity index (χ3v) is 4.41. The number of carbonyl (C=O) groups excluding carboxylic acids is 1. The molecule has 2 aromatic rings. The van der Waals surface area contributed by atoms with Crippen LogP contribution in [0.15, 0.2) is 42.5 Å². The second kappa shape index (κ2) is 8.65. The van der Waals surface area contributed by atoms with E-state index in [0.29, 0.717) is 12.2 Å². The first-order valence-electron chi connectivity index (χ1n) is 8.74. The number of halogens is 1. The third kappa shape index (κ3) is 5.05. The average molecular weight is 343 g/mol. The Hall–Kier alpha value is -2.36. The van der Waals surface area contributed by atoms with Crippen LogP contribution in [0, 0.1) is 19.7 Å². The van der Waals surface area contributed by atoms with Gasteiger partial charge in [-0.15, -0.1) is 0 Å². The summed E-state index contributed by atoms with van der Waals surface area (Å²) < 4.78 is 18.7. The summed E-state index contributed by atoms with van der Waals surface area (Å²) in [5.74, 6) is 0.00479. The van der Waals surface area contributed by atoms with Crippen LogP contribution in [0.1, 0.15) is 49.4 Å². The zero-order valence-electron chi connectivity index (χ0n) is 15.3. The monoisotopic (exact) mass is 343 g/mol. The average Bonchev–Trinajstić information content (AvgIpc) is 2.61. The molecule has 0 aliphatic heterocycles. The van der Waals surface area contributed by atoms with Crippen LogP contribution < -0.4 is 10.1 Å². The van der Waals surface area contributed by atoms with Gasteiger partial charge in [-0.2, -0.15) is 0 Å². The van der Waals surface area contributed by atoms with Crippen molar-refractivity contribution in [3.63, 3.8) is 0 Å². The Morgan fingerprint density at radius 3 is 2.28 bits per heavy atom. The zero-order chi connectivity index (χ0) is 18.4. The Bertz CT molecular complexity index is 712. The van der Waals surface area contributed by atoms with E-state index in [1.807, 2.05) is 13.8 Å². The lowest BCUT2D eigenvalue weighted by atomic mass is 9.99. The summed E-state index contributed by atoms with van der Waals surface area (Å²) in [5, 5.41) is 3.07. The molecule has 25 heavy (non-hydrogen) atoms. The maximum atomic E-state index is 13.0. The number of ether oxygens (including phenoxy) is 1. The highest BCUT2D eigenvalue weighted by Crippen LogP contribution is 2.21. The van der Waals surface area contributed by atoms with E-state index in [4.69, 9.17) is 4.74 Å². The van der Waals surface area contributed by atoms with Gasteiger partial charge in [-0.3, -0.25) is 4.79 Å². The van der Waals surface area contributed by atoms with Gasteiger partial charge >= 0.3 is 0 Å². The van der Waals surface area contributed by atoms with Gasteiger partial charge in [0.1, 0.15) is 11.6 Å². The SMILES string of the molecule is CC[C@H](Oc1ccc(F)cc1)C(=O)N[C@@H](CC)c1ccc(C)c(C)c1. The minimum atomic E-state index is -0.606. The molecule has 0 saturated carbocycles. The highest BCUT2D eigenvalue weighted by Gasteiger charge is 2.22. The Labute approximate surface area is 149 Å². The van der Waals surface area contributed by atoms with Gasteiger partial charge in [-0.25, -0.2) is 4.39 Å². The number of aryl methyl sites for hydroxylation is 2. The molecular formula is C21H26FNO2. The maximum Gasteiger partial charge on any atom is 0.261 e. The number of carbonyl (C=O) groups is 1. The first-order valence-corrected chi connectivity index (χ1v) is 8.74. The first kappa shape index (κ1) is 19.0. The minimum Gasteiger partial charge on any atom is -0.481 e. The van der Waals surface area contributed by atoms with Gasteiger partial charge in [0.15, 0.2) is 6.10 Å². The topological polar surface area (TPSA) is 38.3 Å².